The molecule has 0 aromatic carbocycles. The second-order valence-electron chi connectivity index (χ2n) is 21.3. The average molecular weight is 929 g/mol. The molecule has 14 nitrogen and oxygen atoms in total. The largest absolute Gasteiger partial charge is 0.459 e. The van der Waals surface area contributed by atoms with Gasteiger partial charge in [-0.15, -0.1) is 0 Å². The summed E-state index contributed by atoms with van der Waals surface area (Å²) in [5.41, 5.74) is 1.10. The number of rotatable bonds is 14. The number of carbonyl (C=O) groups is 1. The van der Waals surface area contributed by atoms with Crippen LogP contribution in [0.25, 0.3) is 0 Å². The third-order valence-electron chi connectivity index (χ3n) is 15.3. The summed E-state index contributed by atoms with van der Waals surface area (Å²) in [5.74, 6) is -3.32. The Labute approximate surface area is 392 Å². The smallest absolute Gasteiger partial charge is 0.338 e. The van der Waals surface area contributed by atoms with E-state index in [-0.39, 0.29) is 49.8 Å². The topological polar surface area (TPSA) is 192 Å². The van der Waals surface area contributed by atoms with Gasteiger partial charge in [-0.05, 0) is 120 Å². The summed E-state index contributed by atoms with van der Waals surface area (Å²) in [4.78, 5) is 13.0. The van der Waals surface area contributed by atoms with Crippen LogP contribution in [0.5, 0.6) is 0 Å². The van der Waals surface area contributed by atoms with E-state index in [1.54, 1.807) is 26.0 Å². The molecule has 6 saturated heterocycles. The quantitative estimate of drug-likeness (QED) is 0.0715. The van der Waals surface area contributed by atoms with Crippen LogP contribution in [0.2, 0.25) is 0 Å². The van der Waals surface area contributed by atoms with Crippen LogP contribution in [0.1, 0.15) is 138 Å². The van der Waals surface area contributed by atoms with Gasteiger partial charge in [-0.3, -0.25) is 0 Å². The van der Waals surface area contributed by atoms with E-state index in [1.807, 2.05) is 19.1 Å². The number of hydrogen-bond donors (Lipinski definition) is 5. The van der Waals surface area contributed by atoms with Gasteiger partial charge in [0.2, 0.25) is 5.79 Å². The summed E-state index contributed by atoms with van der Waals surface area (Å²) >= 11 is 0. The lowest BCUT2D eigenvalue weighted by Gasteiger charge is -2.50. The molecule has 5 N–H and O–H groups in total. The molecule has 3 spiro atoms. The summed E-state index contributed by atoms with van der Waals surface area (Å²) in [6, 6.07) is 0. The zero-order valence-electron chi connectivity index (χ0n) is 40.5. The first kappa shape index (κ1) is 51.5. The summed E-state index contributed by atoms with van der Waals surface area (Å²) in [6.45, 7) is 18.2. The highest BCUT2D eigenvalue weighted by Crippen LogP contribution is 2.47. The molecule has 14 heteroatoms. The zero-order chi connectivity index (χ0) is 47.6. The molecule has 0 saturated carbocycles. The third kappa shape index (κ3) is 11.8. The lowest BCUT2D eigenvalue weighted by atomic mass is 9.79. The standard InChI is InChI=1S/C52H80O14/c1-31(29-53)11-12-32(2)30-59-48(57)49(8,58)28-39-15-16-43(55)52(63-39)27-33(3)25-42(64-52)34(4)13-14-38-18-22-51(62-38)23-19-41-47(66-51)44(56)37(7)46(61-41)40(54)26-36(6)45-35(5)17-21-50(65-45)20-9-10-24-60-50/h11-14,27,34-36,38-47,53-56,58H,7,9-10,15-26,28-30H2,1-6,8H3/b14-13?,31-11-,32-12-/t34-,35-,36+,38+,39+,40+,41-,42+,43-,44-,45+,46+,47-,49-,50+,51-,52-/m1/s1. The molecule has 0 aliphatic carbocycles. The first-order chi connectivity index (χ1) is 31.3. The molecule has 0 bridgehead atoms. The highest BCUT2D eigenvalue weighted by atomic mass is 16.7. The fourth-order valence-electron chi connectivity index (χ4n) is 11.3. The van der Waals surface area contributed by atoms with Crippen LogP contribution in [-0.4, -0.2) is 135 Å². The molecule has 7 rings (SSSR count). The normalized spacial score (nSPS) is 41.4. The maximum absolute atomic E-state index is 13.0. The van der Waals surface area contributed by atoms with Crippen LogP contribution in [0.4, 0.5) is 0 Å². The Kier molecular flexibility index (Phi) is 16.7. The van der Waals surface area contributed by atoms with Crippen molar-refractivity contribution in [2.45, 2.75) is 222 Å². The van der Waals surface area contributed by atoms with Gasteiger partial charge in [0.15, 0.2) is 17.2 Å². The minimum atomic E-state index is -1.84. The molecule has 372 valence electrons. The fraction of sp³-hybridized carbons (Fsp3) is 0.788. The number of aliphatic hydroxyl groups excluding tert-OH is 4. The number of ether oxygens (including phenoxy) is 8. The van der Waals surface area contributed by atoms with Crippen molar-refractivity contribution < 1.29 is 68.2 Å². The SMILES string of the molecule is C=C1[C@@H](O)[C@@H]2O[C@]3(CC[C@H](C=C[C@@H](C)[C@@H]4CC(C)=C[C@@]5(O[C@H](C[C@@](C)(O)C(=O)OC/C(C)=C\C=C(\C)CO)CC[C@H]5O)O4)O3)CC[C@H]2O[C@@H]1[C@@H](O)C[C@H](C)[C@H]1O[C@@]2(CCCCO2)CC[C@H]1C. The highest BCUT2D eigenvalue weighted by Gasteiger charge is 2.55. The predicted octanol–water partition coefficient (Wildman–Crippen LogP) is 6.56. The van der Waals surface area contributed by atoms with E-state index in [4.69, 9.17) is 37.9 Å². The molecule has 6 fully saturated rings. The van der Waals surface area contributed by atoms with Crippen molar-refractivity contribution in [3.8, 4) is 0 Å². The highest BCUT2D eigenvalue weighted by molar-refractivity contribution is 5.78. The Morgan fingerprint density at radius 3 is 2.45 bits per heavy atom. The van der Waals surface area contributed by atoms with E-state index in [1.165, 1.54) is 6.92 Å². The zero-order valence-corrected chi connectivity index (χ0v) is 40.5. The van der Waals surface area contributed by atoms with Crippen molar-refractivity contribution in [2.75, 3.05) is 19.8 Å². The van der Waals surface area contributed by atoms with Crippen LogP contribution in [0, 0.1) is 17.8 Å². The lowest BCUT2D eigenvalue weighted by Crippen LogP contribution is -2.60. The summed E-state index contributed by atoms with van der Waals surface area (Å²) in [6.07, 6.45) is 13.0. The van der Waals surface area contributed by atoms with Gasteiger partial charge in [0.05, 0.1) is 49.8 Å². The molecule has 0 amide bonds. The molecule has 0 aromatic rings. The van der Waals surface area contributed by atoms with E-state index in [0.29, 0.717) is 56.4 Å². The van der Waals surface area contributed by atoms with E-state index >= 15 is 0 Å². The Morgan fingerprint density at radius 2 is 1.71 bits per heavy atom. The van der Waals surface area contributed by atoms with Gasteiger partial charge >= 0.3 is 5.97 Å². The molecule has 7 heterocycles. The summed E-state index contributed by atoms with van der Waals surface area (Å²) in [7, 11) is 0. The van der Waals surface area contributed by atoms with Gasteiger partial charge in [-0.1, -0.05) is 57.2 Å². The van der Waals surface area contributed by atoms with Crippen molar-refractivity contribution >= 4 is 5.97 Å². The molecular weight excluding hydrogens is 849 g/mol. The molecule has 7 aliphatic heterocycles. The minimum absolute atomic E-state index is 0.00806. The van der Waals surface area contributed by atoms with Gasteiger partial charge in [0.25, 0.3) is 0 Å². The first-order valence-electron chi connectivity index (χ1n) is 24.9. The van der Waals surface area contributed by atoms with Crippen molar-refractivity contribution in [2.24, 2.45) is 17.8 Å². The van der Waals surface area contributed by atoms with Gasteiger partial charge < -0.3 is 63.4 Å². The number of aliphatic hydroxyl groups is 5. The van der Waals surface area contributed by atoms with E-state index in [9.17, 15) is 30.3 Å². The number of allylic oxidation sites excluding steroid dienone is 2. The number of esters is 1. The molecule has 7 aliphatic rings. The van der Waals surface area contributed by atoms with Gasteiger partial charge in [0, 0.05) is 38.0 Å². The molecular formula is C52H80O14. The first-order valence-corrected chi connectivity index (χ1v) is 24.9. The van der Waals surface area contributed by atoms with Crippen molar-refractivity contribution in [1.82, 2.24) is 0 Å². The molecule has 0 radical (unpaired) electrons. The minimum Gasteiger partial charge on any atom is -0.459 e. The third-order valence-corrected chi connectivity index (χ3v) is 15.3. The Morgan fingerprint density at radius 1 is 0.970 bits per heavy atom. The number of fused-ring (bicyclic) bond motifs is 1. The Bertz CT molecular complexity index is 1820. The maximum Gasteiger partial charge on any atom is 0.338 e. The second-order valence-corrected chi connectivity index (χ2v) is 21.3. The predicted molar refractivity (Wildman–Crippen MR) is 246 cm³/mol. The van der Waals surface area contributed by atoms with Crippen LogP contribution in [0.15, 0.2) is 59.3 Å². The molecule has 0 aromatic heterocycles. The van der Waals surface area contributed by atoms with E-state index in [0.717, 1.165) is 61.9 Å². The average Bonchev–Trinajstić information content (AvgIpc) is 3.68. The molecule has 66 heavy (non-hydrogen) atoms. The van der Waals surface area contributed by atoms with Crippen molar-refractivity contribution in [3.63, 3.8) is 0 Å². The van der Waals surface area contributed by atoms with Gasteiger partial charge in [-0.25, -0.2) is 4.79 Å². The number of hydrogen-bond acceptors (Lipinski definition) is 14. The van der Waals surface area contributed by atoms with E-state index in [2.05, 4.69) is 33.4 Å². The van der Waals surface area contributed by atoms with Crippen LogP contribution >= 0.6 is 0 Å². The van der Waals surface area contributed by atoms with Crippen molar-refractivity contribution in [1.29, 1.82) is 0 Å². The van der Waals surface area contributed by atoms with Crippen LogP contribution < -0.4 is 0 Å². The summed E-state index contributed by atoms with van der Waals surface area (Å²) in [5, 5.41) is 55.0. The Balaban J connectivity index is 0.900. The maximum atomic E-state index is 13.0. The van der Waals surface area contributed by atoms with Crippen LogP contribution in [0.3, 0.4) is 0 Å². The second kappa shape index (κ2) is 21.4. The van der Waals surface area contributed by atoms with Gasteiger partial charge in [0.1, 0.15) is 31.0 Å². The Hall–Kier alpha value is -2.31. The number of carbonyl (C=O) groups excluding carboxylic acids is 1. The van der Waals surface area contributed by atoms with Crippen LogP contribution in [-0.2, 0) is 42.7 Å². The fourth-order valence-corrected chi connectivity index (χ4v) is 11.3. The molecule has 0 unspecified atom stereocenters. The lowest BCUT2D eigenvalue weighted by molar-refractivity contribution is -0.321. The molecule has 17 atom stereocenters. The summed E-state index contributed by atoms with van der Waals surface area (Å²) < 4.78 is 51.2. The van der Waals surface area contributed by atoms with E-state index < -0.39 is 71.7 Å². The monoisotopic (exact) mass is 929 g/mol. The van der Waals surface area contributed by atoms with Gasteiger partial charge in [-0.2, -0.15) is 0 Å². The van der Waals surface area contributed by atoms with Crippen molar-refractivity contribution in [3.05, 3.63) is 59.3 Å².